The van der Waals surface area contributed by atoms with Crippen molar-refractivity contribution < 1.29 is 9.21 Å². The molecule has 1 aromatic heterocycles. The highest BCUT2D eigenvalue weighted by molar-refractivity contribution is 7.99. The first-order valence-electron chi connectivity index (χ1n) is 10.3. The minimum atomic E-state index is 0.0633. The Morgan fingerprint density at radius 3 is 2.63 bits per heavy atom. The molecule has 2 saturated heterocycles. The van der Waals surface area contributed by atoms with Crippen molar-refractivity contribution in [2.75, 3.05) is 37.7 Å². The molecule has 3 heterocycles. The average Bonchev–Trinajstić information content (AvgIpc) is 3.05. The number of carbonyl (C=O) groups excluding carboxylic acids is 1. The fourth-order valence-electron chi connectivity index (χ4n) is 4.44. The molecule has 0 spiro atoms. The maximum absolute atomic E-state index is 13.1. The molecule has 2 aromatic rings. The molecule has 0 saturated carbocycles. The van der Waals surface area contributed by atoms with Gasteiger partial charge >= 0.3 is 0 Å². The number of fused-ring (bicyclic) bond motifs is 1. The molecule has 1 amide bonds. The molecule has 0 radical (unpaired) electrons. The van der Waals surface area contributed by atoms with E-state index in [1.54, 1.807) is 0 Å². The van der Waals surface area contributed by atoms with E-state index in [0.29, 0.717) is 11.8 Å². The maximum Gasteiger partial charge on any atom is 0.289 e. The van der Waals surface area contributed by atoms with Crippen molar-refractivity contribution >= 4 is 28.6 Å². The minimum absolute atomic E-state index is 0.0633. The van der Waals surface area contributed by atoms with Gasteiger partial charge in [0.1, 0.15) is 5.58 Å². The number of furan rings is 1. The smallest absolute Gasteiger partial charge is 0.289 e. The van der Waals surface area contributed by atoms with Crippen molar-refractivity contribution in [2.24, 2.45) is 0 Å². The lowest BCUT2D eigenvalue weighted by Crippen LogP contribution is -2.49. The van der Waals surface area contributed by atoms with Crippen LogP contribution >= 0.6 is 11.8 Å². The molecular formula is C22H30N2O2S. The summed E-state index contributed by atoms with van der Waals surface area (Å²) in [7, 11) is 0. The van der Waals surface area contributed by atoms with Crippen LogP contribution in [-0.4, -0.2) is 59.4 Å². The quantitative estimate of drug-likeness (QED) is 0.783. The Morgan fingerprint density at radius 2 is 1.93 bits per heavy atom. The van der Waals surface area contributed by atoms with Crippen LogP contribution in [0, 0.1) is 6.92 Å². The largest absolute Gasteiger partial charge is 0.451 e. The highest BCUT2D eigenvalue weighted by atomic mass is 32.2. The maximum atomic E-state index is 13.1. The number of likely N-dealkylation sites (tertiary alicyclic amines) is 1. The molecule has 2 aliphatic heterocycles. The van der Waals surface area contributed by atoms with Crippen molar-refractivity contribution in [3.8, 4) is 0 Å². The number of amides is 1. The van der Waals surface area contributed by atoms with Gasteiger partial charge < -0.3 is 9.32 Å². The molecule has 5 heteroatoms. The van der Waals surface area contributed by atoms with Crippen molar-refractivity contribution in [3.63, 3.8) is 0 Å². The zero-order valence-corrected chi connectivity index (χ0v) is 17.3. The Balaban J connectivity index is 1.46. The molecule has 0 aliphatic carbocycles. The number of hydrogen-bond donors (Lipinski definition) is 0. The topological polar surface area (TPSA) is 36.7 Å². The molecule has 1 aromatic carbocycles. The highest BCUT2D eigenvalue weighted by Gasteiger charge is 2.30. The van der Waals surface area contributed by atoms with Gasteiger partial charge in [0, 0.05) is 54.7 Å². The monoisotopic (exact) mass is 386 g/mol. The SMILES string of the molecule is CCCc1ccc2oc(C(=O)N3CCC(N4CCSCC4)CC3)c(C)c2c1. The summed E-state index contributed by atoms with van der Waals surface area (Å²) in [6, 6.07) is 6.97. The van der Waals surface area contributed by atoms with E-state index in [-0.39, 0.29) is 5.91 Å². The van der Waals surface area contributed by atoms with E-state index >= 15 is 0 Å². The van der Waals surface area contributed by atoms with Crippen LogP contribution in [0.3, 0.4) is 0 Å². The second kappa shape index (κ2) is 8.27. The summed E-state index contributed by atoms with van der Waals surface area (Å²) in [6.45, 7) is 8.29. The molecule has 0 bridgehead atoms. The van der Waals surface area contributed by atoms with E-state index < -0.39 is 0 Å². The van der Waals surface area contributed by atoms with Crippen molar-refractivity contribution in [1.82, 2.24) is 9.80 Å². The van der Waals surface area contributed by atoms with E-state index in [1.807, 2.05) is 17.9 Å². The summed E-state index contributed by atoms with van der Waals surface area (Å²) in [5, 5.41) is 1.09. The summed E-state index contributed by atoms with van der Waals surface area (Å²) in [5.41, 5.74) is 3.13. The third-order valence-corrected chi connectivity index (χ3v) is 6.99. The third-order valence-electron chi connectivity index (χ3n) is 6.05. The Hall–Kier alpha value is -1.46. The summed E-state index contributed by atoms with van der Waals surface area (Å²) in [6.07, 6.45) is 4.35. The number of benzene rings is 1. The normalized spacial score (nSPS) is 19.7. The number of hydrogen-bond acceptors (Lipinski definition) is 4. The fraction of sp³-hybridized carbons (Fsp3) is 0.591. The number of nitrogens with zero attached hydrogens (tertiary/aromatic N) is 2. The molecule has 146 valence electrons. The lowest BCUT2D eigenvalue weighted by atomic mass is 10.0. The van der Waals surface area contributed by atoms with E-state index in [1.165, 1.54) is 30.2 Å². The second-order valence-electron chi connectivity index (χ2n) is 7.81. The van der Waals surface area contributed by atoms with Gasteiger partial charge in [-0.2, -0.15) is 11.8 Å². The number of aryl methyl sites for hydroxylation is 2. The Bertz CT molecular complexity index is 802. The van der Waals surface area contributed by atoms with Gasteiger partial charge in [-0.05, 0) is 43.9 Å². The van der Waals surface area contributed by atoms with Gasteiger partial charge in [0.25, 0.3) is 5.91 Å². The average molecular weight is 387 g/mol. The summed E-state index contributed by atoms with van der Waals surface area (Å²) in [5.74, 6) is 3.09. The van der Waals surface area contributed by atoms with E-state index in [2.05, 4.69) is 35.7 Å². The number of thioether (sulfide) groups is 1. The third kappa shape index (κ3) is 3.90. The van der Waals surface area contributed by atoms with Gasteiger partial charge in [0.2, 0.25) is 0 Å². The molecule has 2 aliphatic rings. The zero-order valence-electron chi connectivity index (χ0n) is 16.5. The van der Waals surface area contributed by atoms with Crippen LogP contribution in [0.4, 0.5) is 0 Å². The van der Waals surface area contributed by atoms with Crippen LogP contribution < -0.4 is 0 Å². The number of piperidine rings is 1. The Morgan fingerprint density at radius 1 is 1.19 bits per heavy atom. The van der Waals surface area contributed by atoms with Crippen LogP contribution in [-0.2, 0) is 6.42 Å². The van der Waals surface area contributed by atoms with Gasteiger partial charge in [-0.3, -0.25) is 9.69 Å². The van der Waals surface area contributed by atoms with E-state index in [0.717, 1.165) is 55.3 Å². The molecule has 2 fully saturated rings. The van der Waals surface area contributed by atoms with Crippen LogP contribution in [0.5, 0.6) is 0 Å². The zero-order chi connectivity index (χ0) is 18.8. The summed E-state index contributed by atoms with van der Waals surface area (Å²) in [4.78, 5) is 17.7. The van der Waals surface area contributed by atoms with Crippen LogP contribution in [0.1, 0.15) is 47.9 Å². The van der Waals surface area contributed by atoms with Gasteiger partial charge in [-0.15, -0.1) is 0 Å². The van der Waals surface area contributed by atoms with Crippen molar-refractivity contribution in [1.29, 1.82) is 0 Å². The van der Waals surface area contributed by atoms with Gasteiger partial charge in [0.05, 0.1) is 0 Å². The Kier molecular flexibility index (Phi) is 5.79. The summed E-state index contributed by atoms with van der Waals surface area (Å²) >= 11 is 2.05. The first kappa shape index (κ1) is 18.9. The molecule has 0 N–H and O–H groups in total. The first-order valence-corrected chi connectivity index (χ1v) is 11.5. The predicted molar refractivity (Wildman–Crippen MR) is 113 cm³/mol. The van der Waals surface area contributed by atoms with Crippen molar-refractivity contribution in [3.05, 3.63) is 35.1 Å². The minimum Gasteiger partial charge on any atom is -0.451 e. The highest BCUT2D eigenvalue weighted by Crippen LogP contribution is 2.29. The molecule has 0 unspecified atom stereocenters. The van der Waals surface area contributed by atoms with E-state index in [4.69, 9.17) is 4.42 Å². The molecule has 0 atom stereocenters. The first-order chi connectivity index (χ1) is 13.2. The lowest BCUT2D eigenvalue weighted by molar-refractivity contribution is 0.0602. The van der Waals surface area contributed by atoms with Crippen LogP contribution in [0.15, 0.2) is 22.6 Å². The number of rotatable bonds is 4. The molecule has 4 nitrogen and oxygen atoms in total. The molecule has 4 rings (SSSR count). The fourth-order valence-corrected chi connectivity index (χ4v) is 5.37. The summed E-state index contributed by atoms with van der Waals surface area (Å²) < 4.78 is 5.99. The van der Waals surface area contributed by atoms with Gasteiger partial charge in [0.15, 0.2) is 5.76 Å². The van der Waals surface area contributed by atoms with Crippen LogP contribution in [0.2, 0.25) is 0 Å². The number of carbonyl (C=O) groups is 1. The van der Waals surface area contributed by atoms with Gasteiger partial charge in [-0.1, -0.05) is 19.4 Å². The van der Waals surface area contributed by atoms with Crippen LogP contribution in [0.25, 0.3) is 11.0 Å². The molecular weight excluding hydrogens is 356 g/mol. The Labute approximate surface area is 166 Å². The lowest BCUT2D eigenvalue weighted by Gasteiger charge is -2.39. The standard InChI is InChI=1S/C22H30N2O2S/c1-3-4-17-5-6-20-19(15-17)16(2)21(26-20)22(25)24-9-7-18(8-10-24)23-11-13-27-14-12-23/h5-6,15,18H,3-4,7-14H2,1-2H3. The second-order valence-corrected chi connectivity index (χ2v) is 9.03. The molecule has 27 heavy (non-hydrogen) atoms. The predicted octanol–water partition coefficient (Wildman–Crippen LogP) is 4.35. The van der Waals surface area contributed by atoms with Crippen molar-refractivity contribution in [2.45, 2.75) is 45.6 Å². The van der Waals surface area contributed by atoms with E-state index in [9.17, 15) is 4.79 Å². The van der Waals surface area contributed by atoms with Gasteiger partial charge in [-0.25, -0.2) is 0 Å².